The third-order valence-electron chi connectivity index (χ3n) is 3.93. The van der Waals surface area contributed by atoms with Crippen LogP contribution in [0.3, 0.4) is 0 Å². The normalized spacial score (nSPS) is 10.4. The second-order valence-electron chi connectivity index (χ2n) is 5.87. The van der Waals surface area contributed by atoms with E-state index in [9.17, 15) is 9.59 Å². The summed E-state index contributed by atoms with van der Waals surface area (Å²) in [4.78, 5) is 32.5. The number of aromatic nitrogens is 3. The number of aryl methyl sites for hydroxylation is 2. The van der Waals surface area contributed by atoms with Crippen LogP contribution in [0, 0.1) is 13.8 Å². The number of benzene rings is 1. The first-order chi connectivity index (χ1) is 12.5. The van der Waals surface area contributed by atoms with Crippen LogP contribution in [0.5, 0.6) is 0 Å². The van der Waals surface area contributed by atoms with Crippen LogP contribution in [-0.2, 0) is 4.79 Å². The van der Waals surface area contributed by atoms with Crippen molar-refractivity contribution in [3.63, 3.8) is 0 Å². The van der Waals surface area contributed by atoms with Crippen molar-refractivity contribution in [3.05, 3.63) is 71.9 Å². The van der Waals surface area contributed by atoms with E-state index in [0.29, 0.717) is 11.4 Å². The SMILES string of the molecule is Cc1cccc(C)c1NC(=O)CNC(=O)c1ccc(-n2ccnc2)nc1. The van der Waals surface area contributed by atoms with Gasteiger partial charge >= 0.3 is 0 Å². The van der Waals surface area contributed by atoms with Gasteiger partial charge in [-0.2, -0.15) is 0 Å². The van der Waals surface area contributed by atoms with Gasteiger partial charge in [0, 0.05) is 24.3 Å². The molecular weight excluding hydrogens is 330 g/mol. The van der Waals surface area contributed by atoms with Crippen LogP contribution in [0.2, 0.25) is 0 Å². The van der Waals surface area contributed by atoms with Gasteiger partial charge in [-0.15, -0.1) is 0 Å². The van der Waals surface area contributed by atoms with Crippen molar-refractivity contribution in [2.75, 3.05) is 11.9 Å². The molecule has 0 saturated carbocycles. The number of anilines is 1. The molecule has 0 spiro atoms. The van der Waals surface area contributed by atoms with Crippen molar-refractivity contribution in [3.8, 4) is 5.82 Å². The maximum absolute atomic E-state index is 12.2. The minimum atomic E-state index is -0.355. The monoisotopic (exact) mass is 349 g/mol. The van der Waals surface area contributed by atoms with Crippen LogP contribution in [0.25, 0.3) is 5.82 Å². The van der Waals surface area contributed by atoms with E-state index in [1.807, 2.05) is 32.0 Å². The van der Waals surface area contributed by atoms with Gasteiger partial charge in [-0.1, -0.05) is 18.2 Å². The smallest absolute Gasteiger partial charge is 0.253 e. The molecule has 132 valence electrons. The summed E-state index contributed by atoms with van der Waals surface area (Å²) in [6.07, 6.45) is 6.51. The van der Waals surface area contributed by atoms with Gasteiger partial charge in [-0.3, -0.25) is 14.2 Å². The fourth-order valence-corrected chi connectivity index (χ4v) is 2.53. The molecule has 1 aromatic carbocycles. The molecule has 0 saturated heterocycles. The van der Waals surface area contributed by atoms with E-state index in [1.54, 1.807) is 35.4 Å². The minimum Gasteiger partial charge on any atom is -0.343 e. The van der Waals surface area contributed by atoms with Gasteiger partial charge in [-0.25, -0.2) is 9.97 Å². The standard InChI is InChI=1S/C19H19N5O2/c1-13-4-3-5-14(2)18(13)23-17(25)11-22-19(26)15-6-7-16(21-10-15)24-9-8-20-12-24/h3-10,12H,11H2,1-2H3,(H,22,26)(H,23,25). The lowest BCUT2D eigenvalue weighted by molar-refractivity contribution is -0.115. The molecule has 2 aromatic heterocycles. The molecule has 2 heterocycles. The Balaban J connectivity index is 1.57. The third kappa shape index (κ3) is 3.94. The molecule has 0 aliphatic carbocycles. The fraction of sp³-hybridized carbons (Fsp3) is 0.158. The summed E-state index contributed by atoms with van der Waals surface area (Å²) >= 11 is 0. The number of hydrogen-bond acceptors (Lipinski definition) is 4. The Labute approximate surface area is 151 Å². The summed E-state index contributed by atoms with van der Waals surface area (Å²) in [7, 11) is 0. The Morgan fingerprint density at radius 1 is 1.12 bits per heavy atom. The minimum absolute atomic E-state index is 0.115. The first-order valence-corrected chi connectivity index (χ1v) is 8.13. The molecule has 2 amide bonds. The van der Waals surface area contributed by atoms with E-state index < -0.39 is 0 Å². The van der Waals surface area contributed by atoms with E-state index in [0.717, 1.165) is 16.8 Å². The summed E-state index contributed by atoms with van der Waals surface area (Å²) in [5.41, 5.74) is 3.11. The zero-order valence-corrected chi connectivity index (χ0v) is 14.6. The van der Waals surface area contributed by atoms with Crippen LogP contribution in [0.1, 0.15) is 21.5 Å². The molecule has 3 rings (SSSR count). The topological polar surface area (TPSA) is 88.9 Å². The fourth-order valence-electron chi connectivity index (χ4n) is 2.53. The zero-order chi connectivity index (χ0) is 18.5. The average Bonchev–Trinajstić information content (AvgIpc) is 3.18. The number of carbonyl (C=O) groups excluding carboxylic acids is 2. The molecule has 2 N–H and O–H groups in total. The molecule has 0 aliphatic heterocycles. The van der Waals surface area contributed by atoms with Gasteiger partial charge in [0.25, 0.3) is 5.91 Å². The van der Waals surface area contributed by atoms with Crippen molar-refractivity contribution in [1.82, 2.24) is 19.9 Å². The lowest BCUT2D eigenvalue weighted by atomic mass is 10.1. The number of nitrogens with zero attached hydrogens (tertiary/aromatic N) is 3. The molecule has 0 aliphatic rings. The van der Waals surface area contributed by atoms with E-state index in [2.05, 4.69) is 20.6 Å². The van der Waals surface area contributed by atoms with Gasteiger partial charge in [0.2, 0.25) is 5.91 Å². The number of rotatable bonds is 5. The summed E-state index contributed by atoms with van der Waals surface area (Å²) in [6.45, 7) is 3.74. The highest BCUT2D eigenvalue weighted by atomic mass is 16.2. The molecule has 7 heteroatoms. The summed E-state index contributed by atoms with van der Waals surface area (Å²) in [5, 5.41) is 5.44. The van der Waals surface area contributed by atoms with Crippen molar-refractivity contribution >= 4 is 17.5 Å². The number of para-hydroxylation sites is 1. The van der Waals surface area contributed by atoms with Crippen molar-refractivity contribution < 1.29 is 9.59 Å². The number of carbonyl (C=O) groups is 2. The second-order valence-corrected chi connectivity index (χ2v) is 5.87. The van der Waals surface area contributed by atoms with Gasteiger partial charge in [0.15, 0.2) is 0 Å². The highest BCUT2D eigenvalue weighted by Gasteiger charge is 2.11. The lowest BCUT2D eigenvalue weighted by Gasteiger charge is -2.12. The van der Waals surface area contributed by atoms with Crippen molar-refractivity contribution in [2.24, 2.45) is 0 Å². The van der Waals surface area contributed by atoms with E-state index in [1.165, 1.54) is 6.20 Å². The molecule has 0 radical (unpaired) electrons. The maximum Gasteiger partial charge on any atom is 0.253 e. The second kappa shape index (κ2) is 7.60. The predicted octanol–water partition coefficient (Wildman–Crippen LogP) is 2.25. The Bertz CT molecular complexity index is 897. The largest absolute Gasteiger partial charge is 0.343 e. The third-order valence-corrected chi connectivity index (χ3v) is 3.93. The highest BCUT2D eigenvalue weighted by molar-refractivity contribution is 5.99. The summed E-state index contributed by atoms with van der Waals surface area (Å²) in [6, 6.07) is 9.15. The number of imidazole rings is 1. The average molecular weight is 349 g/mol. The molecule has 0 atom stereocenters. The predicted molar refractivity (Wildman–Crippen MR) is 98.2 cm³/mol. The van der Waals surface area contributed by atoms with Crippen LogP contribution in [0.15, 0.2) is 55.2 Å². The lowest BCUT2D eigenvalue weighted by Crippen LogP contribution is -2.33. The van der Waals surface area contributed by atoms with Crippen molar-refractivity contribution in [1.29, 1.82) is 0 Å². The van der Waals surface area contributed by atoms with Gasteiger partial charge in [-0.05, 0) is 37.1 Å². The number of amides is 2. The molecule has 3 aromatic rings. The molecular formula is C19H19N5O2. The van der Waals surface area contributed by atoms with Gasteiger partial charge in [0.05, 0.1) is 12.1 Å². The molecule has 26 heavy (non-hydrogen) atoms. The number of pyridine rings is 1. The quantitative estimate of drug-likeness (QED) is 0.739. The molecule has 0 bridgehead atoms. The number of hydrogen-bond donors (Lipinski definition) is 2. The Hall–Kier alpha value is -3.48. The van der Waals surface area contributed by atoms with Gasteiger partial charge in [0.1, 0.15) is 12.1 Å². The molecule has 0 fully saturated rings. The first-order valence-electron chi connectivity index (χ1n) is 8.13. The first kappa shape index (κ1) is 17.3. The zero-order valence-electron chi connectivity index (χ0n) is 14.6. The Morgan fingerprint density at radius 3 is 2.50 bits per heavy atom. The molecule has 0 unspecified atom stereocenters. The van der Waals surface area contributed by atoms with Crippen LogP contribution < -0.4 is 10.6 Å². The van der Waals surface area contributed by atoms with E-state index in [-0.39, 0.29) is 18.4 Å². The maximum atomic E-state index is 12.2. The Kier molecular flexibility index (Phi) is 5.07. The van der Waals surface area contributed by atoms with E-state index in [4.69, 9.17) is 0 Å². The van der Waals surface area contributed by atoms with Crippen LogP contribution in [-0.4, -0.2) is 32.9 Å². The van der Waals surface area contributed by atoms with E-state index >= 15 is 0 Å². The van der Waals surface area contributed by atoms with Crippen LogP contribution in [0.4, 0.5) is 5.69 Å². The van der Waals surface area contributed by atoms with Crippen molar-refractivity contribution in [2.45, 2.75) is 13.8 Å². The summed E-state index contributed by atoms with van der Waals surface area (Å²) < 4.78 is 1.74. The number of nitrogens with one attached hydrogen (secondary N) is 2. The highest BCUT2D eigenvalue weighted by Crippen LogP contribution is 2.19. The summed E-state index contributed by atoms with van der Waals surface area (Å²) in [5.74, 6) is 0.0249. The van der Waals surface area contributed by atoms with Gasteiger partial charge < -0.3 is 10.6 Å². The van der Waals surface area contributed by atoms with Crippen LogP contribution >= 0.6 is 0 Å². The molecule has 7 nitrogen and oxygen atoms in total. The Morgan fingerprint density at radius 2 is 1.88 bits per heavy atom.